The molecule has 2 N–H and O–H groups in total. The third-order valence-electron chi connectivity index (χ3n) is 3.02. The van der Waals surface area contributed by atoms with E-state index in [1.807, 2.05) is 20.8 Å². The highest BCUT2D eigenvalue weighted by molar-refractivity contribution is 7.16. The minimum atomic E-state index is -1.04. The summed E-state index contributed by atoms with van der Waals surface area (Å²) in [6.45, 7) is 6.23. The van der Waals surface area contributed by atoms with Gasteiger partial charge in [-0.3, -0.25) is 9.48 Å². The van der Waals surface area contributed by atoms with Gasteiger partial charge in [-0.05, 0) is 32.4 Å². The minimum Gasteiger partial charge on any atom is -0.478 e. The molecule has 0 aromatic carbocycles. The summed E-state index contributed by atoms with van der Waals surface area (Å²) < 4.78 is 1.60. The van der Waals surface area contributed by atoms with Gasteiger partial charge in [0.25, 0.3) is 5.91 Å². The Balaban J connectivity index is 2.31. The largest absolute Gasteiger partial charge is 0.478 e. The van der Waals surface area contributed by atoms with Crippen LogP contribution in [0.15, 0.2) is 12.1 Å². The van der Waals surface area contributed by atoms with Crippen LogP contribution in [0.2, 0.25) is 0 Å². The van der Waals surface area contributed by atoms with Crippen LogP contribution < -0.4 is 5.32 Å². The Morgan fingerprint density at radius 2 is 2.10 bits per heavy atom. The van der Waals surface area contributed by atoms with Crippen LogP contribution >= 0.6 is 11.3 Å². The molecule has 0 aliphatic heterocycles. The van der Waals surface area contributed by atoms with Crippen molar-refractivity contribution in [3.8, 4) is 0 Å². The molecule has 0 saturated carbocycles. The van der Waals surface area contributed by atoms with E-state index >= 15 is 0 Å². The van der Waals surface area contributed by atoms with Crippen molar-refractivity contribution in [3.63, 3.8) is 0 Å². The quantitative estimate of drug-likeness (QED) is 0.889. The van der Waals surface area contributed by atoms with E-state index in [4.69, 9.17) is 0 Å². The van der Waals surface area contributed by atoms with Gasteiger partial charge >= 0.3 is 5.97 Å². The fourth-order valence-corrected chi connectivity index (χ4v) is 2.99. The topological polar surface area (TPSA) is 84.2 Å². The van der Waals surface area contributed by atoms with Crippen LogP contribution in [0.4, 0.5) is 5.00 Å². The zero-order valence-electron chi connectivity index (χ0n) is 12.1. The molecule has 2 heterocycles. The van der Waals surface area contributed by atoms with Crippen molar-refractivity contribution < 1.29 is 14.7 Å². The van der Waals surface area contributed by atoms with Gasteiger partial charge in [-0.25, -0.2) is 4.79 Å². The van der Waals surface area contributed by atoms with E-state index in [0.717, 1.165) is 17.0 Å². The van der Waals surface area contributed by atoms with Crippen molar-refractivity contribution >= 4 is 28.2 Å². The number of carbonyl (C=O) groups excluding carboxylic acids is 1. The van der Waals surface area contributed by atoms with Crippen molar-refractivity contribution in [3.05, 3.63) is 34.0 Å². The molecule has 0 fully saturated rings. The summed E-state index contributed by atoms with van der Waals surface area (Å²) in [6, 6.07) is 3.29. The van der Waals surface area contributed by atoms with E-state index in [9.17, 15) is 14.7 Å². The van der Waals surface area contributed by atoms with Crippen molar-refractivity contribution in [2.24, 2.45) is 0 Å². The van der Waals surface area contributed by atoms with Crippen LogP contribution in [0, 0.1) is 6.92 Å². The molecule has 2 aromatic heterocycles. The summed E-state index contributed by atoms with van der Waals surface area (Å²) in [6.07, 6.45) is 0.729. The van der Waals surface area contributed by atoms with E-state index in [0.29, 0.717) is 17.2 Å². The Hall–Kier alpha value is -2.15. The molecule has 0 aliphatic carbocycles. The summed E-state index contributed by atoms with van der Waals surface area (Å²) in [5, 5.41) is 16.5. The van der Waals surface area contributed by atoms with Crippen molar-refractivity contribution in [2.75, 3.05) is 5.32 Å². The molecule has 0 atom stereocenters. The molecular formula is C14H17N3O3S. The first-order valence-corrected chi connectivity index (χ1v) is 7.49. The van der Waals surface area contributed by atoms with Crippen LogP contribution in [0.1, 0.15) is 45.3 Å². The monoisotopic (exact) mass is 307 g/mol. The molecule has 1 amide bonds. The highest BCUT2D eigenvalue weighted by Gasteiger charge is 2.19. The number of rotatable bonds is 5. The van der Waals surface area contributed by atoms with Crippen LogP contribution in [0.3, 0.4) is 0 Å². The molecule has 112 valence electrons. The van der Waals surface area contributed by atoms with Gasteiger partial charge in [-0.1, -0.05) is 6.92 Å². The number of thiophene rings is 1. The van der Waals surface area contributed by atoms with E-state index in [-0.39, 0.29) is 11.5 Å². The lowest BCUT2D eigenvalue weighted by molar-refractivity contribution is 0.0698. The van der Waals surface area contributed by atoms with Crippen LogP contribution in [-0.2, 0) is 13.0 Å². The van der Waals surface area contributed by atoms with Crippen LogP contribution in [0.25, 0.3) is 0 Å². The van der Waals surface area contributed by atoms with E-state index < -0.39 is 5.97 Å². The number of hydrogen-bond acceptors (Lipinski definition) is 4. The normalized spacial score (nSPS) is 10.6. The number of hydrogen-bond donors (Lipinski definition) is 2. The first kappa shape index (κ1) is 15.2. The number of carbonyl (C=O) groups is 2. The maximum atomic E-state index is 12.3. The Morgan fingerprint density at radius 1 is 1.38 bits per heavy atom. The van der Waals surface area contributed by atoms with Gasteiger partial charge in [0.2, 0.25) is 0 Å². The number of carboxylic acids is 1. The summed E-state index contributed by atoms with van der Waals surface area (Å²) in [7, 11) is 0. The molecule has 0 aliphatic rings. The molecule has 6 nitrogen and oxygen atoms in total. The molecule has 2 rings (SSSR count). The Morgan fingerprint density at radius 3 is 2.67 bits per heavy atom. The molecule has 0 radical (unpaired) electrons. The third kappa shape index (κ3) is 3.13. The third-order valence-corrected chi connectivity index (χ3v) is 4.22. The first-order valence-electron chi connectivity index (χ1n) is 6.68. The van der Waals surface area contributed by atoms with Crippen molar-refractivity contribution in [2.45, 2.75) is 33.7 Å². The molecule has 0 spiro atoms. The molecule has 7 heteroatoms. The lowest BCUT2D eigenvalue weighted by Gasteiger charge is -2.05. The van der Waals surface area contributed by atoms with Crippen LogP contribution in [-0.4, -0.2) is 26.8 Å². The number of aromatic carboxylic acids is 1. The molecule has 0 saturated heterocycles. The van der Waals surface area contributed by atoms with Gasteiger partial charge < -0.3 is 10.4 Å². The minimum absolute atomic E-state index is 0.129. The summed E-state index contributed by atoms with van der Waals surface area (Å²) in [5.74, 6) is -1.38. The second-order valence-electron chi connectivity index (χ2n) is 4.56. The molecule has 21 heavy (non-hydrogen) atoms. The molecule has 0 bridgehead atoms. The predicted molar refractivity (Wildman–Crippen MR) is 81.2 cm³/mol. The summed E-state index contributed by atoms with van der Waals surface area (Å²) in [5.41, 5.74) is 1.31. The SMILES string of the molecule is CCc1cc(C(=O)O)c(NC(=O)c2cc(C)nn2CC)s1. The van der Waals surface area contributed by atoms with Crippen molar-refractivity contribution in [1.29, 1.82) is 0 Å². The van der Waals surface area contributed by atoms with Gasteiger partial charge in [-0.15, -0.1) is 11.3 Å². The Bertz CT molecular complexity index is 688. The Labute approximate surface area is 126 Å². The highest BCUT2D eigenvalue weighted by atomic mass is 32.1. The first-order chi connectivity index (χ1) is 9.96. The van der Waals surface area contributed by atoms with Gasteiger partial charge in [0.1, 0.15) is 10.7 Å². The maximum absolute atomic E-state index is 12.3. The zero-order valence-corrected chi connectivity index (χ0v) is 13.0. The molecule has 0 unspecified atom stereocenters. The number of aromatic nitrogens is 2. The highest BCUT2D eigenvalue weighted by Crippen LogP contribution is 2.29. The van der Waals surface area contributed by atoms with Gasteiger partial charge in [-0.2, -0.15) is 5.10 Å². The van der Waals surface area contributed by atoms with Gasteiger partial charge in [0, 0.05) is 11.4 Å². The number of amides is 1. The van der Waals surface area contributed by atoms with E-state index in [1.165, 1.54) is 11.3 Å². The fourth-order valence-electron chi connectivity index (χ4n) is 2.00. The second-order valence-corrected chi connectivity index (χ2v) is 5.69. The zero-order chi connectivity index (χ0) is 15.6. The average Bonchev–Trinajstić information content (AvgIpc) is 3.01. The number of nitrogens with zero attached hydrogens (tertiary/aromatic N) is 2. The number of aryl methyl sites for hydroxylation is 3. The standard InChI is InChI=1S/C14H17N3O3S/c1-4-9-7-10(14(19)20)13(21-9)15-12(18)11-6-8(3)16-17(11)5-2/h6-7H,4-5H2,1-3H3,(H,15,18)(H,19,20). The number of carboxylic acid groups (broad SMARTS) is 1. The summed E-state index contributed by atoms with van der Waals surface area (Å²) >= 11 is 1.29. The van der Waals surface area contributed by atoms with E-state index in [1.54, 1.807) is 16.8 Å². The van der Waals surface area contributed by atoms with Crippen LogP contribution in [0.5, 0.6) is 0 Å². The predicted octanol–water partition coefficient (Wildman–Crippen LogP) is 2.79. The average molecular weight is 307 g/mol. The fraction of sp³-hybridized carbons (Fsp3) is 0.357. The Kier molecular flexibility index (Phi) is 4.42. The maximum Gasteiger partial charge on any atom is 0.338 e. The summed E-state index contributed by atoms with van der Waals surface area (Å²) in [4.78, 5) is 24.5. The van der Waals surface area contributed by atoms with Crippen molar-refractivity contribution in [1.82, 2.24) is 9.78 Å². The number of nitrogens with one attached hydrogen (secondary N) is 1. The smallest absolute Gasteiger partial charge is 0.338 e. The lowest BCUT2D eigenvalue weighted by Crippen LogP contribution is -2.18. The van der Waals surface area contributed by atoms with Gasteiger partial charge in [0.05, 0.1) is 11.3 Å². The second kappa shape index (κ2) is 6.09. The molecular weight excluding hydrogens is 290 g/mol. The van der Waals surface area contributed by atoms with Gasteiger partial charge in [0.15, 0.2) is 0 Å². The van der Waals surface area contributed by atoms with E-state index in [2.05, 4.69) is 10.4 Å². The number of anilines is 1. The molecule has 2 aromatic rings. The lowest BCUT2D eigenvalue weighted by atomic mass is 10.2.